The van der Waals surface area contributed by atoms with Gasteiger partial charge in [0.1, 0.15) is 4.90 Å². The summed E-state index contributed by atoms with van der Waals surface area (Å²) in [5.74, 6) is 0. The summed E-state index contributed by atoms with van der Waals surface area (Å²) in [5.41, 5.74) is 1.35. The van der Waals surface area contributed by atoms with Gasteiger partial charge in [0.25, 0.3) is 5.69 Å². The van der Waals surface area contributed by atoms with Crippen molar-refractivity contribution in [2.45, 2.75) is 43.4 Å². The average molecular weight is 339 g/mol. The number of nitrogens with one attached hydrogen (secondary N) is 1. The summed E-state index contributed by atoms with van der Waals surface area (Å²) in [4.78, 5) is 10.2. The lowest BCUT2D eigenvalue weighted by Crippen LogP contribution is -2.16. The molecule has 1 aliphatic carbocycles. The topological polar surface area (TPSA) is 115 Å². The number of non-ortho nitro benzene ring substituents is 1. The Balaban J connectivity index is 2.12. The molecule has 0 unspecified atom stereocenters. The lowest BCUT2D eigenvalue weighted by molar-refractivity contribution is -0.384. The lowest BCUT2D eigenvalue weighted by Gasteiger charge is -2.12. The number of nitrogens with zero attached hydrogens (tertiary/aromatic N) is 1. The number of nitro benzene ring substituents is 1. The Kier molecular flexibility index (Phi) is 5.73. The summed E-state index contributed by atoms with van der Waals surface area (Å²) in [6.07, 6.45) is 8.76. The lowest BCUT2D eigenvalue weighted by atomic mass is 10.1. The first-order valence-electron chi connectivity index (χ1n) is 7.61. The van der Waals surface area contributed by atoms with Gasteiger partial charge in [-0.15, -0.1) is 0 Å². The van der Waals surface area contributed by atoms with Crippen LogP contribution < -0.4 is 10.5 Å². The zero-order valence-corrected chi connectivity index (χ0v) is 13.6. The van der Waals surface area contributed by atoms with Crippen molar-refractivity contribution in [3.63, 3.8) is 0 Å². The van der Waals surface area contributed by atoms with Crippen LogP contribution in [0.2, 0.25) is 0 Å². The van der Waals surface area contributed by atoms with Crippen LogP contribution in [0.5, 0.6) is 0 Å². The van der Waals surface area contributed by atoms with E-state index < -0.39 is 14.9 Å². The molecule has 8 heteroatoms. The maximum atomic E-state index is 11.6. The molecule has 3 N–H and O–H groups in total. The molecule has 7 nitrogen and oxygen atoms in total. The highest BCUT2D eigenvalue weighted by molar-refractivity contribution is 7.89. The monoisotopic (exact) mass is 339 g/mol. The van der Waals surface area contributed by atoms with E-state index >= 15 is 0 Å². The van der Waals surface area contributed by atoms with Gasteiger partial charge >= 0.3 is 0 Å². The molecule has 2 rings (SSSR count). The van der Waals surface area contributed by atoms with Crippen LogP contribution in [0, 0.1) is 10.1 Å². The number of allylic oxidation sites excluding steroid dienone is 1. The van der Waals surface area contributed by atoms with Crippen molar-refractivity contribution in [2.24, 2.45) is 5.14 Å². The second-order valence-corrected chi connectivity index (χ2v) is 7.15. The number of rotatable bonds is 6. The minimum atomic E-state index is -3.94. The van der Waals surface area contributed by atoms with Gasteiger partial charge in [-0.3, -0.25) is 10.1 Å². The molecular weight excluding hydrogens is 318 g/mol. The molecule has 0 aromatic heterocycles. The Morgan fingerprint density at radius 1 is 1.26 bits per heavy atom. The van der Waals surface area contributed by atoms with Crippen molar-refractivity contribution in [1.29, 1.82) is 0 Å². The normalized spacial score (nSPS) is 15.6. The molecule has 1 aromatic carbocycles. The van der Waals surface area contributed by atoms with Crippen LogP contribution in [0.3, 0.4) is 0 Å². The number of hydrogen-bond donors (Lipinski definition) is 2. The number of nitro groups is 1. The first kappa shape index (κ1) is 17.4. The summed E-state index contributed by atoms with van der Waals surface area (Å²) >= 11 is 0. The fourth-order valence-electron chi connectivity index (χ4n) is 2.68. The molecule has 23 heavy (non-hydrogen) atoms. The summed E-state index contributed by atoms with van der Waals surface area (Å²) in [5, 5.41) is 19.0. The van der Waals surface area contributed by atoms with E-state index in [1.807, 2.05) is 0 Å². The van der Waals surface area contributed by atoms with Crippen LogP contribution in [-0.2, 0) is 10.0 Å². The zero-order valence-electron chi connectivity index (χ0n) is 12.8. The van der Waals surface area contributed by atoms with Gasteiger partial charge in [-0.2, -0.15) is 0 Å². The smallest absolute Gasteiger partial charge is 0.271 e. The molecule has 0 saturated carbocycles. The third-order valence-corrected chi connectivity index (χ3v) is 4.85. The molecule has 1 aliphatic rings. The van der Waals surface area contributed by atoms with Crippen LogP contribution >= 0.6 is 0 Å². The maximum absolute atomic E-state index is 11.6. The van der Waals surface area contributed by atoms with Gasteiger partial charge in [-0.1, -0.05) is 18.1 Å². The Labute approximate surface area is 135 Å². The van der Waals surface area contributed by atoms with Crippen molar-refractivity contribution in [3.05, 3.63) is 40.0 Å². The van der Waals surface area contributed by atoms with Crippen LogP contribution in [0.1, 0.15) is 38.5 Å². The van der Waals surface area contributed by atoms with Crippen molar-refractivity contribution in [1.82, 2.24) is 0 Å². The molecular formula is C15H21N3O4S. The van der Waals surface area contributed by atoms with Crippen molar-refractivity contribution < 1.29 is 13.3 Å². The van der Waals surface area contributed by atoms with Crippen LogP contribution in [-0.4, -0.2) is 19.9 Å². The molecule has 1 aromatic rings. The van der Waals surface area contributed by atoms with Gasteiger partial charge in [-0.05, 0) is 38.2 Å². The SMILES string of the molecule is NS(=O)(=O)c1ccc([N+](=O)[O-])cc1NCCC1=CCCCCC1. The predicted molar refractivity (Wildman–Crippen MR) is 88.7 cm³/mol. The summed E-state index contributed by atoms with van der Waals surface area (Å²) in [6.45, 7) is 0.509. The van der Waals surface area contributed by atoms with Crippen molar-refractivity contribution in [3.8, 4) is 0 Å². The zero-order chi connectivity index (χ0) is 16.9. The van der Waals surface area contributed by atoms with E-state index in [2.05, 4.69) is 11.4 Å². The number of hydrogen-bond acceptors (Lipinski definition) is 5. The molecule has 0 spiro atoms. The standard InChI is InChI=1S/C15H21N3O4S/c16-23(21,22)15-8-7-13(18(19)20)11-14(15)17-10-9-12-5-3-1-2-4-6-12/h5,7-8,11,17H,1-4,6,9-10H2,(H2,16,21,22). The first-order chi connectivity index (χ1) is 10.9. The second-order valence-electron chi connectivity index (χ2n) is 5.62. The summed E-state index contributed by atoms with van der Waals surface area (Å²) < 4.78 is 23.2. The van der Waals surface area contributed by atoms with E-state index in [0.29, 0.717) is 6.54 Å². The van der Waals surface area contributed by atoms with E-state index in [0.717, 1.165) is 25.3 Å². The Hall–Kier alpha value is -1.93. The number of sulfonamides is 1. The molecule has 126 valence electrons. The Bertz CT molecular complexity index is 713. The highest BCUT2D eigenvalue weighted by Crippen LogP contribution is 2.26. The fourth-order valence-corrected chi connectivity index (χ4v) is 3.38. The summed E-state index contributed by atoms with van der Waals surface area (Å²) in [6, 6.07) is 3.51. The van der Waals surface area contributed by atoms with Gasteiger partial charge in [0, 0.05) is 18.7 Å². The maximum Gasteiger partial charge on any atom is 0.271 e. The summed E-state index contributed by atoms with van der Waals surface area (Å²) in [7, 11) is -3.94. The number of primary sulfonamides is 1. The van der Waals surface area contributed by atoms with Gasteiger partial charge < -0.3 is 5.32 Å². The predicted octanol–water partition coefficient (Wildman–Crippen LogP) is 2.93. The van der Waals surface area contributed by atoms with Gasteiger partial charge in [0.15, 0.2) is 0 Å². The molecule has 0 aliphatic heterocycles. The molecule has 0 saturated heterocycles. The van der Waals surface area contributed by atoms with E-state index in [1.54, 1.807) is 0 Å². The minimum Gasteiger partial charge on any atom is -0.383 e. The van der Waals surface area contributed by atoms with Crippen LogP contribution in [0.4, 0.5) is 11.4 Å². The Morgan fingerprint density at radius 2 is 2.04 bits per heavy atom. The first-order valence-corrected chi connectivity index (χ1v) is 9.15. The molecule has 0 heterocycles. The second kappa shape index (κ2) is 7.56. The number of benzene rings is 1. The van der Waals surface area contributed by atoms with Crippen molar-refractivity contribution >= 4 is 21.4 Å². The number of anilines is 1. The molecule has 0 amide bonds. The minimum absolute atomic E-state index is 0.127. The van der Waals surface area contributed by atoms with E-state index in [4.69, 9.17) is 5.14 Å². The van der Waals surface area contributed by atoms with E-state index in [9.17, 15) is 18.5 Å². The van der Waals surface area contributed by atoms with E-state index in [-0.39, 0.29) is 16.3 Å². The molecule has 0 radical (unpaired) electrons. The fraction of sp³-hybridized carbons (Fsp3) is 0.467. The Morgan fingerprint density at radius 3 is 2.74 bits per heavy atom. The van der Waals surface area contributed by atoms with Gasteiger partial charge in [0.05, 0.1) is 10.6 Å². The third-order valence-electron chi connectivity index (χ3n) is 3.88. The van der Waals surface area contributed by atoms with Crippen molar-refractivity contribution in [2.75, 3.05) is 11.9 Å². The molecule has 0 bridgehead atoms. The highest BCUT2D eigenvalue weighted by Gasteiger charge is 2.18. The highest BCUT2D eigenvalue weighted by atomic mass is 32.2. The molecule has 0 fully saturated rings. The van der Waals surface area contributed by atoms with Crippen LogP contribution in [0.15, 0.2) is 34.7 Å². The average Bonchev–Trinajstić information content (AvgIpc) is 2.74. The van der Waals surface area contributed by atoms with Gasteiger partial charge in [0.2, 0.25) is 10.0 Å². The quantitative estimate of drug-likeness (QED) is 0.469. The van der Waals surface area contributed by atoms with Crippen LogP contribution in [0.25, 0.3) is 0 Å². The van der Waals surface area contributed by atoms with E-state index in [1.165, 1.54) is 37.0 Å². The van der Waals surface area contributed by atoms with Gasteiger partial charge in [-0.25, -0.2) is 13.6 Å². The largest absolute Gasteiger partial charge is 0.383 e. The number of nitrogens with two attached hydrogens (primary N) is 1. The molecule has 0 atom stereocenters. The third kappa shape index (κ3) is 5.04.